The molecule has 1 aromatic rings. The Morgan fingerprint density at radius 1 is 1.32 bits per heavy atom. The molecule has 0 heterocycles. The molecule has 2 saturated carbocycles. The summed E-state index contributed by atoms with van der Waals surface area (Å²) in [5, 5.41) is 10.2. The topological polar surface area (TPSA) is 29.5 Å². The average Bonchev–Trinajstić information content (AvgIpc) is 2.81. The smallest absolute Gasteiger partial charge is 0.119 e. The lowest BCUT2D eigenvalue weighted by Gasteiger charge is -2.49. The first kappa shape index (κ1) is 14.6. The Labute approximate surface area is 133 Å². The standard InChI is InChI=1S/C20H28O2/c1-3-22-15-5-7-16-13(10-15)4-6-18-17(16)8-9-20(2)12-14(21)11-19(18)20/h5,7,10,14,17-19,21H,3-4,6,8-9,11-12H2,1-2H3/t14?,17-,18-,19+,20-/m1/s1. The molecule has 120 valence electrons. The van der Waals surface area contributed by atoms with Gasteiger partial charge in [0.1, 0.15) is 5.75 Å². The molecule has 3 aliphatic carbocycles. The van der Waals surface area contributed by atoms with E-state index in [1.165, 1.54) is 31.2 Å². The molecule has 0 radical (unpaired) electrons. The van der Waals surface area contributed by atoms with E-state index in [2.05, 4.69) is 25.1 Å². The Morgan fingerprint density at radius 3 is 3.00 bits per heavy atom. The molecule has 0 aliphatic heterocycles. The van der Waals surface area contributed by atoms with Crippen molar-refractivity contribution in [3.05, 3.63) is 29.3 Å². The largest absolute Gasteiger partial charge is 0.494 e. The van der Waals surface area contributed by atoms with E-state index in [0.717, 1.165) is 37.0 Å². The minimum absolute atomic E-state index is 0.0597. The van der Waals surface area contributed by atoms with Crippen LogP contribution in [0.4, 0.5) is 0 Å². The fraction of sp³-hybridized carbons (Fsp3) is 0.700. The molecule has 4 rings (SSSR count). The molecular weight excluding hydrogens is 272 g/mol. The van der Waals surface area contributed by atoms with E-state index in [9.17, 15) is 5.11 Å². The first-order valence-electron chi connectivity index (χ1n) is 9.04. The maximum Gasteiger partial charge on any atom is 0.119 e. The van der Waals surface area contributed by atoms with Crippen LogP contribution >= 0.6 is 0 Å². The fourth-order valence-electron chi connectivity index (χ4n) is 5.84. The van der Waals surface area contributed by atoms with Gasteiger partial charge in [-0.25, -0.2) is 0 Å². The highest BCUT2D eigenvalue weighted by atomic mass is 16.5. The van der Waals surface area contributed by atoms with Gasteiger partial charge in [0.2, 0.25) is 0 Å². The predicted molar refractivity (Wildman–Crippen MR) is 88.2 cm³/mol. The van der Waals surface area contributed by atoms with Crippen molar-refractivity contribution >= 4 is 0 Å². The number of hydrogen-bond acceptors (Lipinski definition) is 2. The van der Waals surface area contributed by atoms with Gasteiger partial charge in [-0.3, -0.25) is 0 Å². The van der Waals surface area contributed by atoms with Gasteiger partial charge in [-0.05, 0) is 91.9 Å². The zero-order chi connectivity index (χ0) is 15.3. The normalized spacial score (nSPS) is 39.8. The molecule has 3 aliphatic rings. The summed E-state index contributed by atoms with van der Waals surface area (Å²) in [5.41, 5.74) is 3.47. The first-order chi connectivity index (χ1) is 10.6. The van der Waals surface area contributed by atoms with Gasteiger partial charge < -0.3 is 9.84 Å². The zero-order valence-electron chi connectivity index (χ0n) is 13.8. The number of benzene rings is 1. The van der Waals surface area contributed by atoms with Crippen LogP contribution in [-0.2, 0) is 6.42 Å². The SMILES string of the molecule is CCOc1ccc2c(c1)CC[C@@H]1[C@@H]2CC[C@]2(C)CC(O)C[C@@H]12. The molecular formula is C20H28O2. The minimum Gasteiger partial charge on any atom is -0.494 e. The quantitative estimate of drug-likeness (QED) is 0.882. The van der Waals surface area contributed by atoms with E-state index in [1.54, 1.807) is 5.56 Å². The van der Waals surface area contributed by atoms with Crippen molar-refractivity contribution in [2.24, 2.45) is 17.3 Å². The third kappa shape index (κ3) is 2.19. The summed E-state index contributed by atoms with van der Waals surface area (Å²) in [4.78, 5) is 0. The average molecular weight is 300 g/mol. The van der Waals surface area contributed by atoms with E-state index in [1.807, 2.05) is 6.92 Å². The molecule has 1 aromatic carbocycles. The Bertz CT molecular complexity index is 567. The third-order valence-corrected chi connectivity index (χ3v) is 6.76. The van der Waals surface area contributed by atoms with Crippen LogP contribution in [-0.4, -0.2) is 17.8 Å². The Morgan fingerprint density at radius 2 is 2.18 bits per heavy atom. The van der Waals surface area contributed by atoms with Gasteiger partial charge in [0.15, 0.2) is 0 Å². The van der Waals surface area contributed by atoms with Crippen molar-refractivity contribution in [3.8, 4) is 5.75 Å². The maximum absolute atomic E-state index is 10.2. The van der Waals surface area contributed by atoms with Crippen molar-refractivity contribution < 1.29 is 9.84 Å². The van der Waals surface area contributed by atoms with Crippen LogP contribution in [0.2, 0.25) is 0 Å². The molecule has 0 saturated heterocycles. The Kier molecular flexibility index (Phi) is 3.48. The van der Waals surface area contributed by atoms with Crippen molar-refractivity contribution in [2.75, 3.05) is 6.61 Å². The molecule has 0 spiro atoms. The van der Waals surface area contributed by atoms with Crippen molar-refractivity contribution in [2.45, 2.75) is 64.4 Å². The van der Waals surface area contributed by atoms with Crippen LogP contribution in [0.25, 0.3) is 0 Å². The highest BCUT2D eigenvalue weighted by Gasteiger charge is 2.52. The van der Waals surface area contributed by atoms with E-state index in [0.29, 0.717) is 11.3 Å². The summed E-state index contributed by atoms with van der Waals surface area (Å²) in [6, 6.07) is 6.75. The Balaban J connectivity index is 1.64. The monoisotopic (exact) mass is 300 g/mol. The summed E-state index contributed by atoms with van der Waals surface area (Å²) in [6.45, 7) is 5.21. The number of fused-ring (bicyclic) bond motifs is 5. The lowest BCUT2D eigenvalue weighted by atomic mass is 9.56. The summed E-state index contributed by atoms with van der Waals surface area (Å²) in [7, 11) is 0. The van der Waals surface area contributed by atoms with Gasteiger partial charge in [0.25, 0.3) is 0 Å². The van der Waals surface area contributed by atoms with E-state index < -0.39 is 0 Å². The third-order valence-electron chi connectivity index (χ3n) is 6.76. The van der Waals surface area contributed by atoms with Crippen LogP contribution < -0.4 is 4.74 Å². The molecule has 0 bridgehead atoms. The summed E-state index contributed by atoms with van der Waals surface area (Å²) in [5.74, 6) is 3.24. The molecule has 1 unspecified atom stereocenters. The van der Waals surface area contributed by atoms with Crippen LogP contribution in [0.3, 0.4) is 0 Å². The molecule has 1 N–H and O–H groups in total. The van der Waals surface area contributed by atoms with Crippen LogP contribution in [0.15, 0.2) is 18.2 Å². The first-order valence-corrected chi connectivity index (χ1v) is 9.04. The number of aryl methyl sites for hydroxylation is 1. The van der Waals surface area contributed by atoms with Crippen molar-refractivity contribution in [1.82, 2.24) is 0 Å². The van der Waals surface area contributed by atoms with E-state index >= 15 is 0 Å². The number of ether oxygens (including phenoxy) is 1. The number of aliphatic hydroxyl groups excluding tert-OH is 1. The maximum atomic E-state index is 10.2. The van der Waals surface area contributed by atoms with Gasteiger partial charge in [-0.1, -0.05) is 13.0 Å². The predicted octanol–water partition coefficient (Wildman–Crippen LogP) is 4.30. The van der Waals surface area contributed by atoms with E-state index in [4.69, 9.17) is 4.74 Å². The zero-order valence-corrected chi connectivity index (χ0v) is 13.8. The number of hydrogen-bond donors (Lipinski definition) is 1. The van der Waals surface area contributed by atoms with Crippen LogP contribution in [0.1, 0.15) is 63.0 Å². The molecule has 2 nitrogen and oxygen atoms in total. The molecule has 22 heavy (non-hydrogen) atoms. The van der Waals surface area contributed by atoms with E-state index in [-0.39, 0.29) is 6.10 Å². The second-order valence-electron chi connectivity index (χ2n) is 8.00. The summed E-state index contributed by atoms with van der Waals surface area (Å²) >= 11 is 0. The van der Waals surface area contributed by atoms with Crippen LogP contribution in [0, 0.1) is 17.3 Å². The highest BCUT2D eigenvalue weighted by molar-refractivity contribution is 5.40. The molecule has 0 aromatic heterocycles. The second kappa shape index (κ2) is 5.26. The fourth-order valence-corrected chi connectivity index (χ4v) is 5.84. The van der Waals surface area contributed by atoms with Gasteiger partial charge in [-0.15, -0.1) is 0 Å². The van der Waals surface area contributed by atoms with Crippen molar-refractivity contribution in [1.29, 1.82) is 0 Å². The van der Waals surface area contributed by atoms with Gasteiger partial charge >= 0.3 is 0 Å². The molecule has 2 heteroatoms. The lowest BCUT2D eigenvalue weighted by Crippen LogP contribution is -2.39. The van der Waals surface area contributed by atoms with Gasteiger partial charge in [-0.2, -0.15) is 0 Å². The highest BCUT2D eigenvalue weighted by Crippen LogP contribution is 2.60. The van der Waals surface area contributed by atoms with Crippen molar-refractivity contribution in [3.63, 3.8) is 0 Å². The Hall–Kier alpha value is -1.02. The van der Waals surface area contributed by atoms with Gasteiger partial charge in [0.05, 0.1) is 12.7 Å². The molecule has 5 atom stereocenters. The molecule has 2 fully saturated rings. The summed E-state index contributed by atoms with van der Waals surface area (Å²) in [6.07, 6.45) is 7.05. The lowest BCUT2D eigenvalue weighted by molar-refractivity contribution is 0.0595. The van der Waals surface area contributed by atoms with Gasteiger partial charge in [0, 0.05) is 0 Å². The number of rotatable bonds is 2. The minimum atomic E-state index is -0.0597. The van der Waals surface area contributed by atoms with Crippen LogP contribution in [0.5, 0.6) is 5.75 Å². The second-order valence-corrected chi connectivity index (χ2v) is 8.00. The number of aliphatic hydroxyl groups is 1. The molecule has 0 amide bonds. The summed E-state index contributed by atoms with van der Waals surface area (Å²) < 4.78 is 5.67.